The molecule has 2 aromatic carbocycles. The predicted octanol–water partition coefficient (Wildman–Crippen LogP) is 5.40. The van der Waals surface area contributed by atoms with Crippen LogP contribution in [-0.2, 0) is 0 Å². The minimum atomic E-state index is -0.270. The fraction of sp³-hybridized carbons (Fsp3) is 0.480. The molecular formula is C25H36N2O5. The van der Waals surface area contributed by atoms with Crippen LogP contribution in [0.2, 0.25) is 0 Å². The Kier molecular flexibility index (Phi) is 9.05. The molecule has 0 fully saturated rings. The molecule has 2 aromatic rings. The Labute approximate surface area is 191 Å². The molecular weight excluding hydrogens is 408 g/mol. The zero-order valence-corrected chi connectivity index (χ0v) is 20.3. The van der Waals surface area contributed by atoms with Crippen LogP contribution in [0, 0.1) is 0 Å². The maximum atomic E-state index is 12.6. The molecule has 0 unspecified atom stereocenters. The summed E-state index contributed by atoms with van der Waals surface area (Å²) in [6, 6.07) is 10.6. The van der Waals surface area contributed by atoms with Crippen LogP contribution < -0.4 is 29.6 Å². The molecule has 0 bridgehead atoms. The standard InChI is InChI=1S/C25H36N2O5/c1-15(2)31-21-11-9-19(13-23(21)29-7)17(5)26-25(28)27-18(6)20-10-12-22(32-16(3)4)24(14-20)30-8/h9-18H,1-8H3,(H2,26,27,28)/t17-,18-/m1/s1. The Morgan fingerprint density at radius 3 is 1.34 bits per heavy atom. The Morgan fingerprint density at radius 2 is 1.03 bits per heavy atom. The molecule has 2 N–H and O–H groups in total. The lowest BCUT2D eigenvalue weighted by Gasteiger charge is -2.21. The average Bonchev–Trinajstić information content (AvgIpc) is 2.73. The number of nitrogens with one attached hydrogen (secondary N) is 2. The summed E-state index contributed by atoms with van der Waals surface area (Å²) in [5.74, 6) is 2.62. The first kappa shape index (κ1) is 25.2. The highest BCUT2D eigenvalue weighted by molar-refractivity contribution is 5.75. The van der Waals surface area contributed by atoms with Crippen molar-refractivity contribution in [2.45, 2.75) is 65.8 Å². The summed E-state index contributed by atoms with van der Waals surface area (Å²) in [7, 11) is 3.20. The van der Waals surface area contributed by atoms with E-state index in [1.807, 2.05) is 77.9 Å². The smallest absolute Gasteiger partial charge is 0.315 e. The van der Waals surface area contributed by atoms with E-state index >= 15 is 0 Å². The topological polar surface area (TPSA) is 78.1 Å². The van der Waals surface area contributed by atoms with E-state index < -0.39 is 0 Å². The molecule has 176 valence electrons. The number of amides is 2. The second-order valence-corrected chi connectivity index (χ2v) is 8.21. The van der Waals surface area contributed by atoms with E-state index in [1.165, 1.54) is 0 Å². The van der Waals surface area contributed by atoms with Gasteiger partial charge in [0.25, 0.3) is 0 Å². The fourth-order valence-electron chi connectivity index (χ4n) is 3.21. The van der Waals surface area contributed by atoms with Crippen molar-refractivity contribution in [2.75, 3.05) is 14.2 Å². The van der Waals surface area contributed by atoms with E-state index in [2.05, 4.69) is 10.6 Å². The van der Waals surface area contributed by atoms with Crippen molar-refractivity contribution in [3.05, 3.63) is 47.5 Å². The third kappa shape index (κ3) is 6.97. The predicted molar refractivity (Wildman–Crippen MR) is 126 cm³/mol. The second-order valence-electron chi connectivity index (χ2n) is 8.21. The molecule has 2 rings (SSSR count). The normalized spacial score (nSPS) is 12.8. The van der Waals surface area contributed by atoms with E-state index in [0.29, 0.717) is 23.0 Å². The molecule has 0 aliphatic heterocycles. The number of carbonyl (C=O) groups is 1. The zero-order chi connectivity index (χ0) is 23.8. The van der Waals surface area contributed by atoms with Gasteiger partial charge in [-0.1, -0.05) is 12.1 Å². The summed E-state index contributed by atoms with van der Waals surface area (Å²) in [4.78, 5) is 12.6. The van der Waals surface area contributed by atoms with Gasteiger partial charge in [0.1, 0.15) is 0 Å². The largest absolute Gasteiger partial charge is 0.493 e. The van der Waals surface area contributed by atoms with Gasteiger partial charge in [0, 0.05) is 0 Å². The van der Waals surface area contributed by atoms with Crippen molar-refractivity contribution >= 4 is 6.03 Å². The summed E-state index contributed by atoms with van der Waals surface area (Å²) in [6.07, 6.45) is 0.0874. The Hall–Kier alpha value is -3.09. The van der Waals surface area contributed by atoms with E-state index in [4.69, 9.17) is 18.9 Å². The highest BCUT2D eigenvalue weighted by Gasteiger charge is 2.17. The van der Waals surface area contributed by atoms with Crippen molar-refractivity contribution < 1.29 is 23.7 Å². The van der Waals surface area contributed by atoms with Gasteiger partial charge in [-0.25, -0.2) is 4.79 Å². The van der Waals surface area contributed by atoms with Crippen LogP contribution in [0.4, 0.5) is 4.79 Å². The van der Waals surface area contributed by atoms with Crippen LogP contribution in [0.3, 0.4) is 0 Å². The summed E-state index contributed by atoms with van der Waals surface area (Å²) in [5, 5.41) is 5.94. The molecule has 0 spiro atoms. The first-order chi connectivity index (χ1) is 15.1. The van der Waals surface area contributed by atoms with Crippen molar-refractivity contribution in [1.82, 2.24) is 10.6 Å². The number of carbonyl (C=O) groups excluding carboxylic acids is 1. The van der Waals surface area contributed by atoms with Crippen LogP contribution in [0.15, 0.2) is 36.4 Å². The van der Waals surface area contributed by atoms with Gasteiger partial charge >= 0.3 is 6.03 Å². The molecule has 0 heterocycles. The van der Waals surface area contributed by atoms with Crippen LogP contribution in [-0.4, -0.2) is 32.5 Å². The van der Waals surface area contributed by atoms with Gasteiger partial charge in [-0.2, -0.15) is 0 Å². The first-order valence-corrected chi connectivity index (χ1v) is 10.9. The quantitative estimate of drug-likeness (QED) is 0.513. The van der Waals surface area contributed by atoms with Gasteiger partial charge in [0.2, 0.25) is 0 Å². The van der Waals surface area contributed by atoms with Crippen LogP contribution >= 0.6 is 0 Å². The Morgan fingerprint density at radius 1 is 0.656 bits per heavy atom. The van der Waals surface area contributed by atoms with Gasteiger partial charge in [0.15, 0.2) is 23.0 Å². The number of hydrogen-bond donors (Lipinski definition) is 2. The molecule has 0 aliphatic carbocycles. The molecule has 2 atom stereocenters. The highest BCUT2D eigenvalue weighted by atomic mass is 16.5. The molecule has 0 radical (unpaired) electrons. The molecule has 32 heavy (non-hydrogen) atoms. The molecule has 0 aliphatic rings. The SMILES string of the molecule is COc1cc([C@@H](C)NC(=O)N[C@H](C)c2ccc(OC(C)C)c(OC)c2)ccc1OC(C)C. The monoisotopic (exact) mass is 444 g/mol. The highest BCUT2D eigenvalue weighted by Crippen LogP contribution is 2.32. The minimum Gasteiger partial charge on any atom is -0.493 e. The molecule has 7 heteroatoms. The second kappa shape index (κ2) is 11.5. The number of benzene rings is 2. The van der Waals surface area contributed by atoms with E-state index in [9.17, 15) is 4.79 Å². The van der Waals surface area contributed by atoms with Crippen LogP contribution in [0.25, 0.3) is 0 Å². The zero-order valence-electron chi connectivity index (χ0n) is 20.3. The van der Waals surface area contributed by atoms with Crippen molar-refractivity contribution in [3.8, 4) is 23.0 Å². The number of rotatable bonds is 10. The molecule has 7 nitrogen and oxygen atoms in total. The summed E-state index contributed by atoms with van der Waals surface area (Å²) < 4.78 is 22.4. The third-order valence-corrected chi connectivity index (χ3v) is 4.80. The summed E-state index contributed by atoms with van der Waals surface area (Å²) >= 11 is 0. The van der Waals surface area contributed by atoms with Crippen LogP contribution in [0.5, 0.6) is 23.0 Å². The number of ether oxygens (including phenoxy) is 4. The van der Waals surface area contributed by atoms with E-state index in [0.717, 1.165) is 11.1 Å². The minimum absolute atomic E-state index is 0.0437. The van der Waals surface area contributed by atoms with Crippen molar-refractivity contribution in [3.63, 3.8) is 0 Å². The first-order valence-electron chi connectivity index (χ1n) is 10.9. The van der Waals surface area contributed by atoms with Gasteiger partial charge in [-0.3, -0.25) is 0 Å². The van der Waals surface area contributed by atoms with Gasteiger partial charge in [-0.15, -0.1) is 0 Å². The fourth-order valence-corrected chi connectivity index (χ4v) is 3.21. The van der Waals surface area contributed by atoms with Crippen molar-refractivity contribution in [1.29, 1.82) is 0 Å². The lowest BCUT2D eigenvalue weighted by atomic mass is 10.1. The maximum absolute atomic E-state index is 12.6. The molecule has 2 amide bonds. The lowest BCUT2D eigenvalue weighted by molar-refractivity contribution is 0.229. The number of hydrogen-bond acceptors (Lipinski definition) is 5. The van der Waals surface area contributed by atoms with E-state index in [-0.39, 0.29) is 30.3 Å². The van der Waals surface area contributed by atoms with Crippen molar-refractivity contribution in [2.24, 2.45) is 0 Å². The summed E-state index contributed by atoms with van der Waals surface area (Å²) in [6.45, 7) is 11.7. The Balaban J connectivity index is 2.04. The third-order valence-electron chi connectivity index (χ3n) is 4.80. The number of urea groups is 1. The average molecular weight is 445 g/mol. The summed E-state index contributed by atoms with van der Waals surface area (Å²) in [5.41, 5.74) is 1.83. The Bertz CT molecular complexity index is 826. The van der Waals surface area contributed by atoms with Gasteiger partial charge < -0.3 is 29.6 Å². The molecule has 0 saturated carbocycles. The van der Waals surface area contributed by atoms with Gasteiger partial charge in [0.05, 0.1) is 38.5 Å². The number of methoxy groups -OCH3 is 2. The van der Waals surface area contributed by atoms with E-state index in [1.54, 1.807) is 14.2 Å². The van der Waals surface area contributed by atoms with Crippen LogP contribution in [0.1, 0.15) is 64.8 Å². The molecule has 0 aromatic heterocycles. The van der Waals surface area contributed by atoms with Gasteiger partial charge in [-0.05, 0) is 76.9 Å². The lowest BCUT2D eigenvalue weighted by Crippen LogP contribution is -2.38. The molecule has 0 saturated heterocycles. The maximum Gasteiger partial charge on any atom is 0.315 e.